The summed E-state index contributed by atoms with van der Waals surface area (Å²) >= 11 is 0. The normalized spacial score (nSPS) is 11.7. The molecule has 0 aliphatic carbocycles. The van der Waals surface area contributed by atoms with Crippen LogP contribution in [0.25, 0.3) is 11.1 Å². The van der Waals surface area contributed by atoms with Gasteiger partial charge in [0, 0.05) is 0 Å². The van der Waals surface area contributed by atoms with E-state index >= 15 is 0 Å². The van der Waals surface area contributed by atoms with Crippen LogP contribution in [0.5, 0.6) is 5.95 Å². The Morgan fingerprint density at radius 2 is 2.15 bits per heavy atom. The van der Waals surface area contributed by atoms with Crippen LogP contribution in [0.3, 0.4) is 0 Å². The lowest BCUT2D eigenvalue weighted by Gasteiger charge is -1.89. The molecule has 0 amide bonds. The fourth-order valence-electron chi connectivity index (χ4n) is 1.85. The fourth-order valence-corrected chi connectivity index (χ4v) is 1.85. The van der Waals surface area contributed by atoms with Gasteiger partial charge in [-0.3, -0.25) is 0 Å². The molecule has 2 aromatic heterocycles. The van der Waals surface area contributed by atoms with Crippen molar-refractivity contribution >= 4 is 22.8 Å². The van der Waals surface area contributed by atoms with E-state index in [2.05, 4.69) is 24.9 Å². The Balaban J connectivity index is 1.98. The van der Waals surface area contributed by atoms with Gasteiger partial charge in [-0.2, -0.15) is 4.98 Å². The molecule has 3 aromatic rings. The van der Waals surface area contributed by atoms with Crippen LogP contribution in [-0.2, 0) is 6.42 Å². The highest BCUT2D eigenvalue weighted by molar-refractivity contribution is 5.77. The van der Waals surface area contributed by atoms with E-state index in [0.717, 1.165) is 5.56 Å². The molecule has 0 saturated heterocycles. The van der Waals surface area contributed by atoms with Crippen molar-refractivity contribution in [2.75, 3.05) is 0 Å². The second-order valence-electron chi connectivity index (χ2n) is 4.26. The molecule has 0 fully saturated rings. The number of benzene rings is 1. The molecule has 0 bridgehead atoms. The highest BCUT2D eigenvalue weighted by Gasteiger charge is 2.14. The van der Waals surface area contributed by atoms with Crippen LogP contribution in [0.2, 0.25) is 0 Å². The third-order valence-corrected chi connectivity index (χ3v) is 2.89. The van der Waals surface area contributed by atoms with Crippen molar-refractivity contribution in [1.29, 1.82) is 0 Å². The first-order chi connectivity index (χ1) is 9.69. The number of azo groups is 1. The third kappa shape index (κ3) is 2.03. The number of hydrogen-bond donors (Lipinski definition) is 1. The minimum Gasteiger partial charge on any atom is -0.478 e. The van der Waals surface area contributed by atoms with Crippen LogP contribution in [0.1, 0.15) is 18.2 Å². The van der Waals surface area contributed by atoms with Crippen LogP contribution in [0.15, 0.2) is 37.4 Å². The first-order valence-corrected chi connectivity index (χ1v) is 6.14. The zero-order valence-corrected chi connectivity index (χ0v) is 11.0. The van der Waals surface area contributed by atoms with Gasteiger partial charge in [0.25, 0.3) is 0 Å². The van der Waals surface area contributed by atoms with Crippen LogP contribution < -0.4 is 0 Å². The Morgan fingerprint density at radius 1 is 1.30 bits per heavy atom. The highest BCUT2D eigenvalue weighted by Crippen LogP contribution is 2.32. The van der Waals surface area contributed by atoms with E-state index in [-0.39, 0.29) is 17.6 Å². The molecule has 20 heavy (non-hydrogen) atoms. The zero-order chi connectivity index (χ0) is 14.1. The molecule has 3 rings (SSSR count). The number of para-hydroxylation sites is 1. The summed E-state index contributed by atoms with van der Waals surface area (Å²) in [6, 6.07) is 5.77. The highest BCUT2D eigenvalue weighted by atomic mass is 16.5. The maximum absolute atomic E-state index is 9.49. The van der Waals surface area contributed by atoms with Crippen molar-refractivity contribution in [3.63, 3.8) is 0 Å². The predicted octanol–water partition coefficient (Wildman–Crippen LogP) is 3.81. The van der Waals surface area contributed by atoms with Crippen LogP contribution in [0.4, 0.5) is 11.7 Å². The third-order valence-electron chi connectivity index (χ3n) is 2.89. The number of aromatic nitrogens is 2. The zero-order valence-electron chi connectivity index (χ0n) is 11.0. The smallest absolute Gasteiger partial charge is 0.341 e. The summed E-state index contributed by atoms with van der Waals surface area (Å²) in [4.78, 5) is 4.20. The van der Waals surface area contributed by atoms with E-state index < -0.39 is 0 Å². The Labute approximate surface area is 113 Å². The van der Waals surface area contributed by atoms with Crippen molar-refractivity contribution < 1.29 is 14.0 Å². The topological polar surface area (TPSA) is 97.0 Å². The van der Waals surface area contributed by atoms with Gasteiger partial charge in [0.2, 0.25) is 0 Å². The second-order valence-corrected chi connectivity index (χ2v) is 4.26. The Kier molecular flexibility index (Phi) is 2.94. The Morgan fingerprint density at radius 3 is 2.90 bits per heavy atom. The SMILES string of the molecule is CCc1noc(O)c1N=Nc1nc2cccc(C)c2o1. The van der Waals surface area contributed by atoms with Crippen molar-refractivity contribution in [1.82, 2.24) is 10.1 Å². The van der Waals surface area contributed by atoms with Gasteiger partial charge >= 0.3 is 12.0 Å². The second kappa shape index (κ2) is 4.76. The fraction of sp³-hybridized carbons (Fsp3) is 0.231. The lowest BCUT2D eigenvalue weighted by atomic mass is 10.2. The molecule has 1 N–H and O–H groups in total. The largest absolute Gasteiger partial charge is 0.478 e. The molecule has 0 aliphatic heterocycles. The number of oxazole rings is 1. The molecule has 7 nitrogen and oxygen atoms in total. The van der Waals surface area contributed by atoms with Crippen LogP contribution >= 0.6 is 0 Å². The number of hydrogen-bond acceptors (Lipinski definition) is 7. The van der Waals surface area contributed by atoms with Gasteiger partial charge in [-0.1, -0.05) is 29.3 Å². The average molecular weight is 272 g/mol. The monoisotopic (exact) mass is 272 g/mol. The van der Waals surface area contributed by atoms with E-state index in [1.165, 1.54) is 0 Å². The van der Waals surface area contributed by atoms with Crippen LogP contribution in [-0.4, -0.2) is 15.2 Å². The molecule has 0 radical (unpaired) electrons. The molecule has 0 atom stereocenters. The van der Waals surface area contributed by atoms with Gasteiger partial charge in [-0.05, 0) is 25.0 Å². The van der Waals surface area contributed by atoms with E-state index in [1.54, 1.807) is 0 Å². The lowest BCUT2D eigenvalue weighted by molar-refractivity contribution is 0.277. The van der Waals surface area contributed by atoms with E-state index in [1.807, 2.05) is 32.0 Å². The van der Waals surface area contributed by atoms with Gasteiger partial charge in [0.1, 0.15) is 11.2 Å². The Hall–Kier alpha value is -2.70. The molecule has 0 saturated carbocycles. The number of nitrogens with zero attached hydrogens (tertiary/aromatic N) is 4. The maximum atomic E-state index is 9.49. The lowest BCUT2D eigenvalue weighted by Crippen LogP contribution is -1.77. The Bertz CT molecular complexity index is 788. The number of aromatic hydroxyl groups is 1. The van der Waals surface area contributed by atoms with Crippen molar-refractivity contribution in [3.05, 3.63) is 29.5 Å². The first-order valence-electron chi connectivity index (χ1n) is 6.14. The molecule has 0 unspecified atom stereocenters. The summed E-state index contributed by atoms with van der Waals surface area (Å²) in [6.45, 7) is 3.80. The van der Waals surface area contributed by atoms with E-state index in [0.29, 0.717) is 23.2 Å². The predicted molar refractivity (Wildman–Crippen MR) is 70.5 cm³/mol. The molecule has 102 valence electrons. The first kappa shape index (κ1) is 12.3. The summed E-state index contributed by atoms with van der Waals surface area (Å²) in [5.74, 6) is -0.363. The van der Waals surface area contributed by atoms with E-state index in [9.17, 15) is 5.11 Å². The number of fused-ring (bicyclic) bond motifs is 1. The minimum atomic E-state index is -0.363. The summed E-state index contributed by atoms with van der Waals surface area (Å²) in [5, 5.41) is 20.9. The van der Waals surface area contributed by atoms with Gasteiger partial charge < -0.3 is 14.0 Å². The van der Waals surface area contributed by atoms with Crippen molar-refractivity contribution in [2.24, 2.45) is 10.2 Å². The standard InChI is InChI=1S/C13H12N4O3/c1-3-8-10(12(18)20-17-8)15-16-13-14-9-6-4-5-7(2)11(9)19-13/h4-6,18H,3H2,1-2H3. The van der Waals surface area contributed by atoms with Crippen molar-refractivity contribution in [3.8, 4) is 5.95 Å². The van der Waals surface area contributed by atoms with E-state index in [4.69, 9.17) is 4.42 Å². The van der Waals surface area contributed by atoms with Gasteiger partial charge in [0.15, 0.2) is 11.3 Å². The minimum absolute atomic E-state index is 0.122. The van der Waals surface area contributed by atoms with Crippen molar-refractivity contribution in [2.45, 2.75) is 20.3 Å². The maximum Gasteiger partial charge on any atom is 0.341 e. The van der Waals surface area contributed by atoms with Gasteiger partial charge in [0.05, 0.1) is 0 Å². The summed E-state index contributed by atoms with van der Waals surface area (Å²) in [5.41, 5.74) is 3.08. The molecule has 7 heteroatoms. The number of aryl methyl sites for hydroxylation is 2. The van der Waals surface area contributed by atoms with Gasteiger partial charge in [-0.25, -0.2) is 0 Å². The van der Waals surface area contributed by atoms with Gasteiger partial charge in [-0.15, -0.1) is 5.11 Å². The molecular formula is C13H12N4O3. The quantitative estimate of drug-likeness (QED) is 0.731. The average Bonchev–Trinajstić information content (AvgIpc) is 3.00. The summed E-state index contributed by atoms with van der Waals surface area (Å²) in [6.07, 6.45) is 0.574. The summed E-state index contributed by atoms with van der Waals surface area (Å²) in [7, 11) is 0. The number of rotatable bonds is 3. The van der Waals surface area contributed by atoms with Crippen LogP contribution in [0, 0.1) is 6.92 Å². The molecule has 0 spiro atoms. The molecule has 1 aromatic carbocycles. The molecular weight excluding hydrogens is 260 g/mol. The summed E-state index contributed by atoms with van der Waals surface area (Å²) < 4.78 is 10.2. The molecule has 2 heterocycles. The molecule has 0 aliphatic rings.